The second kappa shape index (κ2) is 9.45. The summed E-state index contributed by atoms with van der Waals surface area (Å²) in [6.07, 6.45) is 4.69. The van der Waals surface area contributed by atoms with Crippen molar-refractivity contribution in [3.05, 3.63) is 59.9 Å². The summed E-state index contributed by atoms with van der Waals surface area (Å²) in [5.41, 5.74) is 1.53. The summed E-state index contributed by atoms with van der Waals surface area (Å²) < 4.78 is 5.48. The molecule has 0 bridgehead atoms. The highest BCUT2D eigenvalue weighted by atomic mass is 16.5. The molecular weight excluding hydrogens is 304 g/mol. The molecule has 0 saturated heterocycles. The van der Waals surface area contributed by atoms with Crippen LogP contribution in [0.2, 0.25) is 0 Å². The Morgan fingerprint density at radius 1 is 1.12 bits per heavy atom. The first kappa shape index (κ1) is 17.7. The number of ketones is 1. The highest BCUT2D eigenvalue weighted by Gasteiger charge is 2.09. The molecule has 0 aliphatic heterocycles. The molecule has 1 heterocycles. The number of benzene rings is 1. The molecule has 0 aliphatic carbocycles. The van der Waals surface area contributed by atoms with Crippen LogP contribution in [-0.4, -0.2) is 23.3 Å². The predicted molar refractivity (Wildman–Crippen MR) is 91.9 cm³/mol. The van der Waals surface area contributed by atoms with Gasteiger partial charge < -0.3 is 10.1 Å². The molecule has 1 N–H and O–H groups in total. The molecule has 0 unspecified atom stereocenters. The molecule has 2 aromatic rings. The standard InChI is InChI=1S/C19H22N2O3/c1-2-12-24-17-7-5-16(6-8-17)18(22)9-10-19(23)21-14-15-4-3-11-20-13-15/h3-8,11,13H,2,9-10,12,14H2,1H3,(H,21,23). The number of pyridine rings is 1. The lowest BCUT2D eigenvalue weighted by atomic mass is 10.1. The van der Waals surface area contributed by atoms with E-state index in [0.717, 1.165) is 17.7 Å². The summed E-state index contributed by atoms with van der Waals surface area (Å²) in [4.78, 5) is 27.9. The average molecular weight is 326 g/mol. The van der Waals surface area contributed by atoms with Crippen LogP contribution in [0.15, 0.2) is 48.8 Å². The van der Waals surface area contributed by atoms with Crippen LogP contribution in [0, 0.1) is 0 Å². The van der Waals surface area contributed by atoms with Crippen LogP contribution in [0.4, 0.5) is 0 Å². The van der Waals surface area contributed by atoms with Crippen LogP contribution in [0.3, 0.4) is 0 Å². The molecule has 1 aromatic carbocycles. The van der Waals surface area contributed by atoms with Crippen molar-refractivity contribution in [3.63, 3.8) is 0 Å². The smallest absolute Gasteiger partial charge is 0.220 e. The van der Waals surface area contributed by atoms with Gasteiger partial charge in [0, 0.05) is 37.3 Å². The zero-order chi connectivity index (χ0) is 17.2. The van der Waals surface area contributed by atoms with Crippen LogP contribution >= 0.6 is 0 Å². The summed E-state index contributed by atoms with van der Waals surface area (Å²) >= 11 is 0. The maximum atomic E-state index is 12.1. The van der Waals surface area contributed by atoms with E-state index in [9.17, 15) is 9.59 Å². The van der Waals surface area contributed by atoms with Crippen LogP contribution in [-0.2, 0) is 11.3 Å². The number of hydrogen-bond acceptors (Lipinski definition) is 4. The number of hydrogen-bond donors (Lipinski definition) is 1. The van der Waals surface area contributed by atoms with Gasteiger partial charge in [-0.1, -0.05) is 13.0 Å². The molecule has 0 radical (unpaired) electrons. The van der Waals surface area contributed by atoms with Crippen molar-refractivity contribution >= 4 is 11.7 Å². The maximum Gasteiger partial charge on any atom is 0.220 e. The second-order valence-electron chi connectivity index (χ2n) is 5.43. The Bertz CT molecular complexity index is 654. The Hall–Kier alpha value is -2.69. The van der Waals surface area contributed by atoms with Crippen LogP contribution in [0.25, 0.3) is 0 Å². The molecular formula is C19H22N2O3. The Labute approximate surface area is 142 Å². The van der Waals surface area contributed by atoms with E-state index in [1.54, 1.807) is 36.7 Å². The molecule has 0 fully saturated rings. The van der Waals surface area contributed by atoms with E-state index in [4.69, 9.17) is 4.74 Å². The molecule has 2 rings (SSSR count). The number of Topliss-reactive ketones (excluding diaryl/α,β-unsaturated/α-hetero) is 1. The number of rotatable bonds is 9. The van der Waals surface area contributed by atoms with E-state index in [1.165, 1.54) is 0 Å². The lowest BCUT2D eigenvalue weighted by molar-refractivity contribution is -0.121. The third-order valence-electron chi connectivity index (χ3n) is 3.44. The number of ether oxygens (including phenoxy) is 1. The fourth-order valence-electron chi connectivity index (χ4n) is 2.12. The summed E-state index contributed by atoms with van der Waals surface area (Å²) in [5.74, 6) is 0.561. The lowest BCUT2D eigenvalue weighted by Gasteiger charge is -2.06. The third-order valence-corrected chi connectivity index (χ3v) is 3.44. The summed E-state index contributed by atoms with van der Waals surface area (Å²) in [6.45, 7) is 3.12. The van der Waals surface area contributed by atoms with Crippen molar-refractivity contribution in [2.75, 3.05) is 6.61 Å². The number of amides is 1. The topological polar surface area (TPSA) is 68.3 Å². The third kappa shape index (κ3) is 5.83. The van der Waals surface area contributed by atoms with Crippen molar-refractivity contribution < 1.29 is 14.3 Å². The van der Waals surface area contributed by atoms with E-state index in [2.05, 4.69) is 10.3 Å². The molecule has 5 heteroatoms. The molecule has 0 aliphatic rings. The lowest BCUT2D eigenvalue weighted by Crippen LogP contribution is -2.23. The van der Waals surface area contributed by atoms with Gasteiger partial charge in [-0.2, -0.15) is 0 Å². The number of nitrogens with zero attached hydrogens (tertiary/aromatic N) is 1. The highest BCUT2D eigenvalue weighted by Crippen LogP contribution is 2.14. The fourth-order valence-corrected chi connectivity index (χ4v) is 2.12. The molecule has 1 amide bonds. The van der Waals surface area contributed by atoms with Gasteiger partial charge in [0.1, 0.15) is 5.75 Å². The molecule has 0 atom stereocenters. The largest absolute Gasteiger partial charge is 0.494 e. The Morgan fingerprint density at radius 3 is 2.58 bits per heavy atom. The van der Waals surface area contributed by atoms with Gasteiger partial charge in [0.25, 0.3) is 0 Å². The minimum absolute atomic E-state index is 0.0476. The Morgan fingerprint density at radius 2 is 1.92 bits per heavy atom. The van der Waals surface area contributed by atoms with Crippen LogP contribution in [0.1, 0.15) is 42.1 Å². The average Bonchev–Trinajstić information content (AvgIpc) is 2.64. The molecule has 0 spiro atoms. The summed E-state index contributed by atoms with van der Waals surface area (Å²) in [6, 6.07) is 10.7. The van der Waals surface area contributed by atoms with E-state index >= 15 is 0 Å². The van der Waals surface area contributed by atoms with Gasteiger partial charge >= 0.3 is 0 Å². The first-order chi connectivity index (χ1) is 11.7. The molecule has 126 valence electrons. The summed E-state index contributed by atoms with van der Waals surface area (Å²) in [7, 11) is 0. The van der Waals surface area contributed by atoms with E-state index in [1.807, 2.05) is 19.1 Å². The van der Waals surface area contributed by atoms with E-state index < -0.39 is 0 Å². The van der Waals surface area contributed by atoms with Crippen molar-refractivity contribution in [2.24, 2.45) is 0 Å². The monoisotopic (exact) mass is 326 g/mol. The minimum atomic E-state index is -0.143. The fraction of sp³-hybridized carbons (Fsp3) is 0.316. The van der Waals surface area contributed by atoms with Gasteiger partial charge in [-0.25, -0.2) is 0 Å². The van der Waals surface area contributed by atoms with Gasteiger partial charge in [0.15, 0.2) is 5.78 Å². The van der Waals surface area contributed by atoms with Crippen LogP contribution < -0.4 is 10.1 Å². The molecule has 1 aromatic heterocycles. The number of carbonyl (C=O) groups excluding carboxylic acids is 2. The SMILES string of the molecule is CCCOc1ccc(C(=O)CCC(=O)NCc2cccnc2)cc1. The quantitative estimate of drug-likeness (QED) is 0.719. The number of carbonyl (C=O) groups is 2. The van der Waals surface area contributed by atoms with Gasteiger partial charge in [0.2, 0.25) is 5.91 Å². The zero-order valence-electron chi connectivity index (χ0n) is 13.8. The first-order valence-electron chi connectivity index (χ1n) is 8.10. The van der Waals surface area contributed by atoms with Gasteiger partial charge in [-0.15, -0.1) is 0 Å². The first-order valence-corrected chi connectivity index (χ1v) is 8.10. The van der Waals surface area contributed by atoms with Crippen molar-refractivity contribution in [2.45, 2.75) is 32.7 Å². The van der Waals surface area contributed by atoms with Crippen molar-refractivity contribution in [1.29, 1.82) is 0 Å². The normalized spacial score (nSPS) is 10.2. The molecule has 24 heavy (non-hydrogen) atoms. The second-order valence-corrected chi connectivity index (χ2v) is 5.43. The summed E-state index contributed by atoms with van der Waals surface area (Å²) in [5, 5.41) is 2.79. The predicted octanol–water partition coefficient (Wildman–Crippen LogP) is 3.15. The number of aromatic nitrogens is 1. The van der Waals surface area contributed by atoms with Crippen LogP contribution in [0.5, 0.6) is 5.75 Å². The Balaban J connectivity index is 1.74. The molecule has 0 saturated carbocycles. The van der Waals surface area contributed by atoms with Gasteiger partial charge in [-0.3, -0.25) is 14.6 Å². The van der Waals surface area contributed by atoms with E-state index in [-0.39, 0.29) is 24.5 Å². The Kier molecular flexibility index (Phi) is 6.95. The highest BCUT2D eigenvalue weighted by molar-refractivity contribution is 5.98. The maximum absolute atomic E-state index is 12.1. The van der Waals surface area contributed by atoms with Crippen molar-refractivity contribution in [3.8, 4) is 5.75 Å². The minimum Gasteiger partial charge on any atom is -0.494 e. The number of nitrogens with one attached hydrogen (secondary N) is 1. The van der Waals surface area contributed by atoms with E-state index in [0.29, 0.717) is 18.7 Å². The van der Waals surface area contributed by atoms with Gasteiger partial charge in [0.05, 0.1) is 6.61 Å². The van der Waals surface area contributed by atoms with Gasteiger partial charge in [-0.05, 0) is 42.3 Å². The molecule has 5 nitrogen and oxygen atoms in total. The van der Waals surface area contributed by atoms with Crippen molar-refractivity contribution in [1.82, 2.24) is 10.3 Å². The zero-order valence-corrected chi connectivity index (χ0v) is 13.8.